The van der Waals surface area contributed by atoms with Crippen molar-refractivity contribution in [2.75, 3.05) is 6.61 Å². The molecule has 1 rings (SSSR count). The molecule has 1 fully saturated rings. The highest BCUT2D eigenvalue weighted by molar-refractivity contribution is 6.27. The second-order valence-electron chi connectivity index (χ2n) is 3.33. The van der Waals surface area contributed by atoms with Gasteiger partial charge >= 0.3 is 11.9 Å². The van der Waals surface area contributed by atoms with Gasteiger partial charge in [0.2, 0.25) is 0 Å². The average Bonchev–Trinajstić information content (AvgIpc) is 2.31. The van der Waals surface area contributed by atoms with Crippen LogP contribution in [0.25, 0.3) is 0 Å². The molecule has 0 bridgehead atoms. The maximum atomic E-state index is 9.12. The number of rotatable bonds is 1. The maximum absolute atomic E-state index is 9.12. The van der Waals surface area contributed by atoms with E-state index in [1.807, 2.05) is 0 Å². The van der Waals surface area contributed by atoms with Crippen LogP contribution in [0.3, 0.4) is 0 Å². The molecule has 0 spiro atoms. The first-order valence-electron chi connectivity index (χ1n) is 4.67. The first-order valence-corrected chi connectivity index (χ1v) is 4.67. The topological polar surface area (TPSA) is 185 Å². The molecule has 0 aromatic carbocycles. The molecular weight excluding hydrogens is 256 g/mol. The van der Waals surface area contributed by atoms with Gasteiger partial charge in [0, 0.05) is 0 Å². The van der Waals surface area contributed by atoms with Crippen molar-refractivity contribution in [1.82, 2.24) is 0 Å². The molecule has 0 aromatic heterocycles. The van der Waals surface area contributed by atoms with Gasteiger partial charge in [-0.1, -0.05) is 0 Å². The lowest BCUT2D eigenvalue weighted by molar-refractivity contribution is -0.286. The van der Waals surface area contributed by atoms with Crippen molar-refractivity contribution in [3.63, 3.8) is 0 Å². The Kier molecular flexibility index (Phi) is 6.68. The van der Waals surface area contributed by atoms with Crippen molar-refractivity contribution in [3.05, 3.63) is 0 Å². The van der Waals surface area contributed by atoms with Gasteiger partial charge in [-0.3, -0.25) is 0 Å². The Bertz CT molecular complexity index is 275. The summed E-state index contributed by atoms with van der Waals surface area (Å²) in [6.07, 6.45) is -7.04. The van der Waals surface area contributed by atoms with Crippen LogP contribution in [0.4, 0.5) is 0 Å². The SMILES string of the molecule is O=C(O)C(=O)O.OC[C@@H]1O[C@H](O)[C@H](O)[C@@H](O)[C@H]1O. The molecule has 1 aliphatic heterocycles. The van der Waals surface area contributed by atoms with Gasteiger partial charge in [0.15, 0.2) is 6.29 Å². The van der Waals surface area contributed by atoms with E-state index in [0.29, 0.717) is 0 Å². The van der Waals surface area contributed by atoms with Gasteiger partial charge in [-0.15, -0.1) is 0 Å². The van der Waals surface area contributed by atoms with Crippen LogP contribution in [0.2, 0.25) is 0 Å². The van der Waals surface area contributed by atoms with E-state index in [4.69, 9.17) is 45.3 Å². The molecule has 1 saturated heterocycles. The van der Waals surface area contributed by atoms with Crippen LogP contribution in [0.15, 0.2) is 0 Å². The predicted octanol–water partition coefficient (Wildman–Crippen LogP) is -4.07. The second kappa shape index (κ2) is 7.20. The van der Waals surface area contributed by atoms with Crippen molar-refractivity contribution < 1.29 is 50.1 Å². The summed E-state index contributed by atoms with van der Waals surface area (Å²) in [5.74, 6) is -3.65. The van der Waals surface area contributed by atoms with Gasteiger partial charge in [-0.05, 0) is 0 Å². The monoisotopic (exact) mass is 270 g/mol. The first-order chi connectivity index (χ1) is 8.22. The Labute approximate surface area is 100 Å². The highest BCUT2D eigenvalue weighted by atomic mass is 16.6. The smallest absolute Gasteiger partial charge is 0.414 e. The third-order valence-electron chi connectivity index (χ3n) is 2.05. The summed E-state index contributed by atoms with van der Waals surface area (Å²) in [6.45, 7) is -0.526. The summed E-state index contributed by atoms with van der Waals surface area (Å²) in [5.41, 5.74) is 0. The summed E-state index contributed by atoms with van der Waals surface area (Å²) >= 11 is 0. The van der Waals surface area contributed by atoms with Crippen molar-refractivity contribution >= 4 is 11.9 Å². The lowest BCUT2D eigenvalue weighted by Crippen LogP contribution is -2.58. The molecular formula is C8H14O10. The minimum Gasteiger partial charge on any atom is -0.473 e. The number of carbonyl (C=O) groups is 2. The van der Waals surface area contributed by atoms with E-state index < -0.39 is 49.3 Å². The van der Waals surface area contributed by atoms with E-state index in [-0.39, 0.29) is 0 Å². The molecule has 1 aliphatic rings. The Morgan fingerprint density at radius 1 is 0.889 bits per heavy atom. The molecule has 10 nitrogen and oxygen atoms in total. The quantitative estimate of drug-likeness (QED) is 0.231. The third-order valence-corrected chi connectivity index (χ3v) is 2.05. The van der Waals surface area contributed by atoms with Gasteiger partial charge in [0.25, 0.3) is 0 Å². The largest absolute Gasteiger partial charge is 0.473 e. The molecule has 5 atom stereocenters. The van der Waals surface area contributed by atoms with Gasteiger partial charge in [0.05, 0.1) is 6.61 Å². The number of aliphatic carboxylic acids is 2. The third kappa shape index (κ3) is 4.52. The summed E-state index contributed by atoms with van der Waals surface area (Å²) in [7, 11) is 0. The number of hydrogen-bond acceptors (Lipinski definition) is 8. The highest BCUT2D eigenvalue weighted by Crippen LogP contribution is 2.18. The zero-order valence-corrected chi connectivity index (χ0v) is 8.95. The molecule has 10 heteroatoms. The number of aliphatic hydroxyl groups excluding tert-OH is 5. The molecule has 0 saturated carbocycles. The van der Waals surface area contributed by atoms with Gasteiger partial charge in [-0.2, -0.15) is 0 Å². The maximum Gasteiger partial charge on any atom is 0.414 e. The highest BCUT2D eigenvalue weighted by Gasteiger charge is 2.42. The molecule has 106 valence electrons. The first kappa shape index (κ1) is 16.7. The fourth-order valence-electron chi connectivity index (χ4n) is 1.08. The lowest BCUT2D eigenvalue weighted by atomic mass is 10.00. The molecule has 1 heterocycles. The Hall–Kier alpha value is -1.30. The van der Waals surface area contributed by atoms with Gasteiger partial charge in [0.1, 0.15) is 24.4 Å². The molecule has 0 aromatic rings. The van der Waals surface area contributed by atoms with Crippen LogP contribution >= 0.6 is 0 Å². The number of carboxylic acids is 2. The summed E-state index contributed by atoms with van der Waals surface area (Å²) in [5, 5.41) is 59.4. The zero-order chi connectivity index (χ0) is 14.5. The number of hydrogen-bond donors (Lipinski definition) is 7. The molecule has 0 unspecified atom stereocenters. The van der Waals surface area contributed by atoms with Crippen molar-refractivity contribution in [3.8, 4) is 0 Å². The fourth-order valence-corrected chi connectivity index (χ4v) is 1.08. The molecule has 18 heavy (non-hydrogen) atoms. The second-order valence-corrected chi connectivity index (χ2v) is 3.33. The minimum absolute atomic E-state index is 0.526. The summed E-state index contributed by atoms with van der Waals surface area (Å²) < 4.78 is 4.58. The summed E-state index contributed by atoms with van der Waals surface area (Å²) in [4.78, 5) is 18.2. The predicted molar refractivity (Wildman–Crippen MR) is 51.3 cm³/mol. The molecule has 7 N–H and O–H groups in total. The van der Waals surface area contributed by atoms with Crippen LogP contribution in [-0.2, 0) is 14.3 Å². The van der Waals surface area contributed by atoms with Crippen LogP contribution in [-0.4, -0.2) is 85.0 Å². The Morgan fingerprint density at radius 2 is 1.33 bits per heavy atom. The van der Waals surface area contributed by atoms with E-state index in [0.717, 1.165) is 0 Å². The molecule has 0 aliphatic carbocycles. The average molecular weight is 270 g/mol. The Morgan fingerprint density at radius 3 is 1.67 bits per heavy atom. The number of ether oxygens (including phenoxy) is 1. The standard InChI is InChI=1S/C6H12O6.C2H2O4/c7-1-2-3(8)4(9)5(10)6(11)12-2;3-1(4)2(5)6/h2-11H,1H2;(H,3,4)(H,5,6)/t2-,3-,4-,5+,6-;/m0./s1. The van der Waals surface area contributed by atoms with E-state index in [9.17, 15) is 0 Å². The van der Waals surface area contributed by atoms with Crippen LogP contribution in [0.1, 0.15) is 0 Å². The summed E-state index contributed by atoms with van der Waals surface area (Å²) in [6, 6.07) is 0. The van der Waals surface area contributed by atoms with E-state index in [1.54, 1.807) is 0 Å². The van der Waals surface area contributed by atoms with Crippen LogP contribution in [0.5, 0.6) is 0 Å². The van der Waals surface area contributed by atoms with Gasteiger partial charge < -0.3 is 40.5 Å². The van der Waals surface area contributed by atoms with E-state index in [2.05, 4.69) is 4.74 Å². The molecule has 0 amide bonds. The number of aliphatic hydroxyl groups is 5. The van der Waals surface area contributed by atoms with Crippen LogP contribution < -0.4 is 0 Å². The van der Waals surface area contributed by atoms with Gasteiger partial charge in [-0.25, -0.2) is 9.59 Å². The zero-order valence-electron chi connectivity index (χ0n) is 8.95. The minimum atomic E-state index is -1.82. The normalized spacial score (nSPS) is 35.3. The lowest BCUT2D eigenvalue weighted by Gasteiger charge is -2.37. The number of carboxylic acid groups (broad SMARTS) is 2. The van der Waals surface area contributed by atoms with Crippen molar-refractivity contribution in [1.29, 1.82) is 0 Å². The van der Waals surface area contributed by atoms with Crippen molar-refractivity contribution in [2.45, 2.75) is 30.7 Å². The van der Waals surface area contributed by atoms with E-state index in [1.165, 1.54) is 0 Å². The molecule has 0 radical (unpaired) electrons. The van der Waals surface area contributed by atoms with E-state index >= 15 is 0 Å². The fraction of sp³-hybridized carbons (Fsp3) is 0.750. The van der Waals surface area contributed by atoms with Crippen molar-refractivity contribution in [2.24, 2.45) is 0 Å². The Balaban J connectivity index is 0.000000411. The van der Waals surface area contributed by atoms with Crippen LogP contribution in [0, 0.1) is 0 Å².